The van der Waals surface area contributed by atoms with Crippen LogP contribution in [0, 0.1) is 0 Å². The summed E-state index contributed by atoms with van der Waals surface area (Å²) in [6, 6.07) is 5.11. The van der Waals surface area contributed by atoms with E-state index in [2.05, 4.69) is 12.2 Å². The van der Waals surface area contributed by atoms with Crippen molar-refractivity contribution in [2.75, 3.05) is 31.4 Å². The van der Waals surface area contributed by atoms with Crippen LogP contribution in [0.1, 0.15) is 19.8 Å². The quantitative estimate of drug-likeness (QED) is 0.597. The molecule has 0 atom stereocenters. The van der Waals surface area contributed by atoms with E-state index in [1.807, 2.05) is 0 Å². The third-order valence-electron chi connectivity index (χ3n) is 2.41. The number of carbonyl (C=O) groups excluding carboxylic acids is 1. The van der Waals surface area contributed by atoms with E-state index in [1.165, 1.54) is 0 Å². The van der Waals surface area contributed by atoms with E-state index in [0.717, 1.165) is 12.8 Å². The zero-order chi connectivity index (χ0) is 13.4. The lowest BCUT2D eigenvalue weighted by Crippen LogP contribution is -2.19. The van der Waals surface area contributed by atoms with Crippen LogP contribution in [0.25, 0.3) is 0 Å². The van der Waals surface area contributed by atoms with Crippen molar-refractivity contribution < 1.29 is 14.3 Å². The van der Waals surface area contributed by atoms with Gasteiger partial charge in [0, 0.05) is 12.7 Å². The molecule has 0 fully saturated rings. The van der Waals surface area contributed by atoms with Crippen LogP contribution in [-0.4, -0.2) is 26.2 Å². The molecule has 0 saturated carbocycles. The molecule has 0 saturated heterocycles. The lowest BCUT2D eigenvalue weighted by Gasteiger charge is -2.10. The van der Waals surface area contributed by atoms with Gasteiger partial charge in [-0.2, -0.15) is 0 Å². The molecule has 19 heavy (non-hydrogen) atoms. The minimum atomic E-state index is -0.217. The van der Waals surface area contributed by atoms with E-state index in [1.54, 1.807) is 25.3 Å². The first-order chi connectivity index (χ1) is 8.67. The molecule has 108 valence electrons. The van der Waals surface area contributed by atoms with Crippen molar-refractivity contribution in [3.63, 3.8) is 0 Å². The van der Waals surface area contributed by atoms with Gasteiger partial charge in [0.1, 0.15) is 12.4 Å². The second-order valence-corrected chi connectivity index (χ2v) is 3.91. The molecule has 0 radical (unpaired) electrons. The molecule has 1 aromatic rings. The Morgan fingerprint density at radius 3 is 2.79 bits per heavy atom. The number of unbranched alkanes of at least 4 members (excludes halogenated alkanes) is 1. The van der Waals surface area contributed by atoms with Crippen LogP contribution in [0.2, 0.25) is 0 Å². The van der Waals surface area contributed by atoms with Crippen LogP contribution in [0.5, 0.6) is 5.75 Å². The molecule has 0 aliphatic rings. The Balaban J connectivity index is 0.00000324. The molecule has 0 aliphatic carbocycles. The van der Waals surface area contributed by atoms with Gasteiger partial charge in [0.15, 0.2) is 0 Å². The number of benzene rings is 1. The normalized spacial score (nSPS) is 9.58. The Labute approximate surface area is 119 Å². The maximum Gasteiger partial charge on any atom is 0.250 e. The van der Waals surface area contributed by atoms with Crippen molar-refractivity contribution in [2.45, 2.75) is 19.8 Å². The zero-order valence-corrected chi connectivity index (χ0v) is 12.1. The van der Waals surface area contributed by atoms with Crippen LogP contribution < -0.4 is 15.8 Å². The largest absolute Gasteiger partial charge is 0.497 e. The van der Waals surface area contributed by atoms with Crippen molar-refractivity contribution in [1.82, 2.24) is 0 Å². The number of nitrogens with one attached hydrogen (secondary N) is 1. The Kier molecular flexibility index (Phi) is 8.74. The van der Waals surface area contributed by atoms with E-state index in [0.29, 0.717) is 23.7 Å². The molecule has 1 amide bonds. The van der Waals surface area contributed by atoms with Crippen molar-refractivity contribution in [3.05, 3.63) is 18.2 Å². The fourth-order valence-electron chi connectivity index (χ4n) is 1.37. The van der Waals surface area contributed by atoms with E-state index in [-0.39, 0.29) is 24.9 Å². The standard InChI is InChI=1S/C13H20N2O3.ClH/c1-3-4-7-18-9-13(16)15-12-8-10(17-2)5-6-11(12)14;/h5-6,8H,3-4,7,9,14H2,1-2H3,(H,15,16);1H. The predicted molar refractivity (Wildman–Crippen MR) is 79.0 cm³/mol. The number of amides is 1. The predicted octanol–water partition coefficient (Wildman–Crippen LogP) is 2.45. The molecule has 5 nitrogen and oxygen atoms in total. The van der Waals surface area contributed by atoms with E-state index in [9.17, 15) is 4.79 Å². The Morgan fingerprint density at radius 2 is 2.16 bits per heavy atom. The lowest BCUT2D eigenvalue weighted by atomic mass is 10.2. The summed E-state index contributed by atoms with van der Waals surface area (Å²) in [4.78, 5) is 11.6. The first-order valence-corrected chi connectivity index (χ1v) is 5.98. The van der Waals surface area contributed by atoms with Gasteiger partial charge in [-0.15, -0.1) is 12.4 Å². The minimum absolute atomic E-state index is 0. The fourth-order valence-corrected chi connectivity index (χ4v) is 1.37. The second-order valence-electron chi connectivity index (χ2n) is 3.91. The molecule has 0 aliphatic heterocycles. The molecule has 6 heteroatoms. The molecular formula is C13H21ClN2O3. The molecule has 0 heterocycles. The van der Waals surface area contributed by atoms with Crippen molar-refractivity contribution in [2.24, 2.45) is 0 Å². The number of hydrogen-bond acceptors (Lipinski definition) is 4. The number of halogens is 1. The van der Waals surface area contributed by atoms with Gasteiger partial charge in [-0.05, 0) is 18.6 Å². The monoisotopic (exact) mass is 288 g/mol. The SMILES string of the molecule is CCCCOCC(=O)Nc1cc(OC)ccc1N.Cl. The molecule has 3 N–H and O–H groups in total. The van der Waals surface area contributed by atoms with Crippen molar-refractivity contribution in [3.8, 4) is 5.75 Å². The smallest absolute Gasteiger partial charge is 0.250 e. The highest BCUT2D eigenvalue weighted by Crippen LogP contribution is 2.24. The molecular weight excluding hydrogens is 268 g/mol. The third kappa shape index (κ3) is 6.31. The maximum absolute atomic E-state index is 11.6. The Morgan fingerprint density at radius 1 is 1.42 bits per heavy atom. The lowest BCUT2D eigenvalue weighted by molar-refractivity contribution is -0.120. The van der Waals surface area contributed by atoms with Crippen LogP contribution in [-0.2, 0) is 9.53 Å². The van der Waals surface area contributed by atoms with Crippen LogP contribution in [0.15, 0.2) is 18.2 Å². The average Bonchev–Trinajstić information content (AvgIpc) is 2.37. The van der Waals surface area contributed by atoms with Gasteiger partial charge >= 0.3 is 0 Å². The summed E-state index contributed by atoms with van der Waals surface area (Å²) in [6.45, 7) is 2.70. The number of nitrogens with two attached hydrogens (primary N) is 1. The number of hydrogen-bond donors (Lipinski definition) is 2. The number of carbonyl (C=O) groups is 1. The molecule has 0 bridgehead atoms. The van der Waals surface area contributed by atoms with Gasteiger partial charge in [0.25, 0.3) is 0 Å². The van der Waals surface area contributed by atoms with Gasteiger partial charge in [-0.25, -0.2) is 0 Å². The van der Waals surface area contributed by atoms with Gasteiger partial charge < -0.3 is 20.5 Å². The summed E-state index contributed by atoms with van der Waals surface area (Å²) in [6.07, 6.45) is 2.00. The summed E-state index contributed by atoms with van der Waals surface area (Å²) in [5.74, 6) is 0.428. The summed E-state index contributed by atoms with van der Waals surface area (Å²) in [5, 5.41) is 2.69. The first kappa shape index (κ1) is 17.5. The van der Waals surface area contributed by atoms with E-state index >= 15 is 0 Å². The Hall–Kier alpha value is -1.46. The van der Waals surface area contributed by atoms with Gasteiger partial charge in [0.2, 0.25) is 5.91 Å². The highest BCUT2D eigenvalue weighted by Gasteiger charge is 2.06. The van der Waals surface area contributed by atoms with Crippen LogP contribution in [0.4, 0.5) is 11.4 Å². The summed E-state index contributed by atoms with van der Waals surface area (Å²) < 4.78 is 10.3. The maximum atomic E-state index is 11.6. The van der Waals surface area contributed by atoms with E-state index < -0.39 is 0 Å². The van der Waals surface area contributed by atoms with Crippen molar-refractivity contribution in [1.29, 1.82) is 0 Å². The second kappa shape index (κ2) is 9.47. The molecule has 0 unspecified atom stereocenters. The van der Waals surface area contributed by atoms with Crippen LogP contribution >= 0.6 is 12.4 Å². The highest BCUT2D eigenvalue weighted by atomic mass is 35.5. The Bertz CT molecular complexity index is 399. The zero-order valence-electron chi connectivity index (χ0n) is 11.3. The average molecular weight is 289 g/mol. The van der Waals surface area contributed by atoms with Gasteiger partial charge in [-0.3, -0.25) is 4.79 Å². The van der Waals surface area contributed by atoms with Gasteiger partial charge in [0.05, 0.1) is 18.5 Å². The summed E-state index contributed by atoms with van der Waals surface area (Å²) in [7, 11) is 1.56. The molecule has 1 aromatic carbocycles. The third-order valence-corrected chi connectivity index (χ3v) is 2.41. The van der Waals surface area contributed by atoms with Gasteiger partial charge in [-0.1, -0.05) is 13.3 Å². The number of ether oxygens (including phenoxy) is 2. The fraction of sp³-hybridized carbons (Fsp3) is 0.462. The van der Waals surface area contributed by atoms with E-state index in [4.69, 9.17) is 15.2 Å². The minimum Gasteiger partial charge on any atom is -0.497 e. The molecule has 1 rings (SSSR count). The number of anilines is 2. The summed E-state index contributed by atoms with van der Waals surface area (Å²) in [5.41, 5.74) is 6.80. The highest BCUT2D eigenvalue weighted by molar-refractivity contribution is 5.94. The first-order valence-electron chi connectivity index (χ1n) is 5.98. The van der Waals surface area contributed by atoms with Crippen LogP contribution in [0.3, 0.4) is 0 Å². The number of rotatable bonds is 7. The molecule has 0 spiro atoms. The number of methoxy groups -OCH3 is 1. The topological polar surface area (TPSA) is 73.6 Å². The van der Waals surface area contributed by atoms with Crippen molar-refractivity contribution >= 4 is 29.7 Å². The number of nitrogen functional groups attached to an aromatic ring is 1. The summed E-state index contributed by atoms with van der Waals surface area (Å²) >= 11 is 0. The molecule has 0 aromatic heterocycles.